The Hall–Kier alpha value is -1.11. The van der Waals surface area contributed by atoms with Gasteiger partial charge in [-0.05, 0) is 31.0 Å². The number of hydrogen-bond acceptors (Lipinski definition) is 4. The first kappa shape index (κ1) is 14.3. The average molecular weight is 317 g/mol. The third-order valence-corrected chi connectivity index (χ3v) is 5.81. The van der Waals surface area contributed by atoms with E-state index in [9.17, 15) is 8.42 Å². The van der Waals surface area contributed by atoms with Crippen molar-refractivity contribution in [3.63, 3.8) is 0 Å². The number of nitrogens with zero attached hydrogens (tertiary/aromatic N) is 1. The second kappa shape index (κ2) is 5.48. The number of thiazole rings is 1. The van der Waals surface area contributed by atoms with Gasteiger partial charge >= 0.3 is 0 Å². The van der Waals surface area contributed by atoms with E-state index >= 15 is 0 Å². The fourth-order valence-electron chi connectivity index (χ4n) is 1.66. The summed E-state index contributed by atoms with van der Waals surface area (Å²) in [5.74, 6) is 0. The third-order valence-electron chi connectivity index (χ3n) is 2.56. The van der Waals surface area contributed by atoms with Crippen molar-refractivity contribution < 1.29 is 8.42 Å². The maximum absolute atomic E-state index is 12.2. The second-order valence-corrected chi connectivity index (χ2v) is 7.46. The lowest BCUT2D eigenvalue weighted by atomic mass is 10.1. The molecule has 1 heterocycles. The van der Waals surface area contributed by atoms with Gasteiger partial charge in [-0.3, -0.25) is 4.72 Å². The predicted octanol–water partition coefficient (Wildman–Crippen LogP) is 3.47. The zero-order valence-electron chi connectivity index (χ0n) is 10.5. The summed E-state index contributed by atoms with van der Waals surface area (Å²) in [4.78, 5) is 3.92. The van der Waals surface area contributed by atoms with Crippen molar-refractivity contribution in [3.8, 4) is 0 Å². The maximum Gasteiger partial charge on any atom is 0.273 e. The molecule has 1 aromatic heterocycles. The monoisotopic (exact) mass is 316 g/mol. The molecule has 2 rings (SSSR count). The van der Waals surface area contributed by atoms with Crippen molar-refractivity contribution in [1.82, 2.24) is 4.98 Å². The van der Waals surface area contributed by atoms with Crippen LogP contribution in [0.1, 0.15) is 18.2 Å². The molecule has 19 heavy (non-hydrogen) atoms. The molecule has 0 unspecified atom stereocenters. The van der Waals surface area contributed by atoms with Crippen LogP contribution in [-0.2, 0) is 16.4 Å². The Labute approximate surface area is 121 Å². The number of halogens is 1. The van der Waals surface area contributed by atoms with Crippen LogP contribution >= 0.6 is 22.9 Å². The molecule has 1 aromatic carbocycles. The van der Waals surface area contributed by atoms with Crippen LogP contribution in [-0.4, -0.2) is 13.4 Å². The van der Waals surface area contributed by atoms with Gasteiger partial charge in [0.25, 0.3) is 10.0 Å². The molecule has 0 spiro atoms. The van der Waals surface area contributed by atoms with Gasteiger partial charge in [0.05, 0.1) is 5.69 Å². The topological polar surface area (TPSA) is 59.1 Å². The van der Waals surface area contributed by atoms with Crippen molar-refractivity contribution in [3.05, 3.63) is 40.0 Å². The van der Waals surface area contributed by atoms with Gasteiger partial charge in [0.1, 0.15) is 0 Å². The smallest absolute Gasteiger partial charge is 0.273 e. The summed E-state index contributed by atoms with van der Waals surface area (Å²) < 4.78 is 27.4. The molecule has 0 atom stereocenters. The van der Waals surface area contributed by atoms with E-state index in [1.54, 1.807) is 13.0 Å². The minimum Gasteiger partial charge on any atom is -0.279 e. The molecule has 0 aliphatic heterocycles. The molecule has 2 aromatic rings. The van der Waals surface area contributed by atoms with E-state index in [0.29, 0.717) is 11.4 Å². The van der Waals surface area contributed by atoms with Gasteiger partial charge in [0, 0.05) is 5.69 Å². The molecule has 4 nitrogen and oxygen atoms in total. The van der Waals surface area contributed by atoms with E-state index in [0.717, 1.165) is 23.3 Å². The SMILES string of the molecule is CCc1cccc(NS(=O)(=O)c2sc(Cl)nc2C)c1. The Morgan fingerprint density at radius 2 is 2.16 bits per heavy atom. The molecular weight excluding hydrogens is 304 g/mol. The van der Waals surface area contributed by atoms with E-state index in [2.05, 4.69) is 9.71 Å². The minimum absolute atomic E-state index is 0.152. The van der Waals surface area contributed by atoms with Gasteiger partial charge < -0.3 is 0 Å². The van der Waals surface area contributed by atoms with Crippen molar-refractivity contribution in [1.29, 1.82) is 0 Å². The van der Waals surface area contributed by atoms with Crippen LogP contribution in [0.4, 0.5) is 5.69 Å². The van der Waals surface area contributed by atoms with E-state index in [1.165, 1.54) is 0 Å². The molecule has 0 saturated heterocycles. The Morgan fingerprint density at radius 1 is 1.42 bits per heavy atom. The number of hydrogen-bond donors (Lipinski definition) is 1. The highest BCUT2D eigenvalue weighted by Gasteiger charge is 2.21. The van der Waals surface area contributed by atoms with E-state index in [-0.39, 0.29) is 8.68 Å². The number of anilines is 1. The van der Waals surface area contributed by atoms with Crippen LogP contribution in [0.5, 0.6) is 0 Å². The number of nitrogens with one attached hydrogen (secondary N) is 1. The largest absolute Gasteiger partial charge is 0.279 e. The number of sulfonamides is 1. The zero-order chi connectivity index (χ0) is 14.0. The van der Waals surface area contributed by atoms with Gasteiger partial charge in [0.2, 0.25) is 0 Å². The van der Waals surface area contributed by atoms with Crippen molar-refractivity contribution in [2.45, 2.75) is 24.5 Å². The Bertz CT molecular complexity index is 696. The number of rotatable bonds is 4. The number of aromatic nitrogens is 1. The molecule has 0 amide bonds. The van der Waals surface area contributed by atoms with Crippen LogP contribution in [0.2, 0.25) is 4.47 Å². The normalized spacial score (nSPS) is 11.5. The van der Waals surface area contributed by atoms with Crippen LogP contribution in [0.25, 0.3) is 0 Å². The van der Waals surface area contributed by atoms with Crippen LogP contribution in [0.15, 0.2) is 28.5 Å². The highest BCUT2D eigenvalue weighted by molar-refractivity contribution is 7.94. The minimum atomic E-state index is -3.63. The van der Waals surface area contributed by atoms with Gasteiger partial charge in [-0.1, -0.05) is 42.0 Å². The van der Waals surface area contributed by atoms with Crippen LogP contribution < -0.4 is 4.72 Å². The van der Waals surface area contributed by atoms with Gasteiger partial charge in [-0.15, -0.1) is 0 Å². The zero-order valence-corrected chi connectivity index (χ0v) is 12.9. The molecule has 102 valence electrons. The van der Waals surface area contributed by atoms with Crippen LogP contribution in [0.3, 0.4) is 0 Å². The number of benzene rings is 1. The standard InChI is InChI=1S/C12H13ClN2O2S2/c1-3-9-5-4-6-10(7-9)15-19(16,17)11-8(2)14-12(13)18-11/h4-7,15H,3H2,1-2H3. The lowest BCUT2D eigenvalue weighted by Crippen LogP contribution is -2.12. The summed E-state index contributed by atoms with van der Waals surface area (Å²) in [6, 6.07) is 7.31. The Balaban J connectivity index is 2.33. The lowest BCUT2D eigenvalue weighted by Gasteiger charge is -2.07. The average Bonchev–Trinajstić information content (AvgIpc) is 2.69. The van der Waals surface area contributed by atoms with E-state index < -0.39 is 10.0 Å². The van der Waals surface area contributed by atoms with Gasteiger partial charge in [-0.25, -0.2) is 13.4 Å². The Kier molecular flexibility index (Phi) is 4.13. The van der Waals surface area contributed by atoms with E-state index in [4.69, 9.17) is 11.6 Å². The highest BCUT2D eigenvalue weighted by atomic mass is 35.5. The highest BCUT2D eigenvalue weighted by Crippen LogP contribution is 2.28. The van der Waals surface area contributed by atoms with Crippen LogP contribution in [0, 0.1) is 6.92 Å². The predicted molar refractivity (Wildman–Crippen MR) is 78.5 cm³/mol. The molecule has 0 bridgehead atoms. The fourth-order valence-corrected chi connectivity index (χ4v) is 4.45. The third kappa shape index (κ3) is 3.26. The first-order chi connectivity index (χ1) is 8.92. The van der Waals surface area contributed by atoms with Gasteiger partial charge in [0.15, 0.2) is 8.68 Å². The lowest BCUT2D eigenvalue weighted by molar-refractivity contribution is 0.602. The molecule has 0 radical (unpaired) electrons. The summed E-state index contributed by atoms with van der Waals surface area (Å²) in [6.07, 6.45) is 0.848. The second-order valence-electron chi connectivity index (χ2n) is 4.00. The first-order valence-corrected chi connectivity index (χ1v) is 8.35. The fraction of sp³-hybridized carbons (Fsp3) is 0.250. The molecule has 0 fully saturated rings. The summed E-state index contributed by atoms with van der Waals surface area (Å²) in [5, 5.41) is 0. The summed E-state index contributed by atoms with van der Waals surface area (Å²) >= 11 is 6.69. The maximum atomic E-state index is 12.2. The molecule has 7 heteroatoms. The summed E-state index contributed by atoms with van der Waals surface area (Å²) in [5.41, 5.74) is 2.02. The molecule has 0 saturated carbocycles. The van der Waals surface area contributed by atoms with E-state index in [1.807, 2.05) is 25.1 Å². The summed E-state index contributed by atoms with van der Waals surface area (Å²) in [6.45, 7) is 3.64. The molecule has 0 aliphatic carbocycles. The summed E-state index contributed by atoms with van der Waals surface area (Å²) in [7, 11) is -3.63. The molecular formula is C12H13ClN2O2S2. The van der Waals surface area contributed by atoms with Crippen molar-refractivity contribution >= 4 is 38.6 Å². The first-order valence-electron chi connectivity index (χ1n) is 5.67. The number of aryl methyl sites for hydroxylation is 2. The molecule has 1 N–H and O–H groups in total. The Morgan fingerprint density at radius 3 is 2.74 bits per heavy atom. The van der Waals surface area contributed by atoms with Crippen molar-refractivity contribution in [2.75, 3.05) is 4.72 Å². The quantitative estimate of drug-likeness (QED) is 0.939. The van der Waals surface area contributed by atoms with Crippen molar-refractivity contribution in [2.24, 2.45) is 0 Å². The van der Waals surface area contributed by atoms with Gasteiger partial charge in [-0.2, -0.15) is 0 Å². The molecule has 0 aliphatic rings.